The molecular formula is C35H61NO5S. The fourth-order valence-corrected chi connectivity index (χ4v) is 5.23. The van der Waals surface area contributed by atoms with Crippen molar-refractivity contribution in [2.24, 2.45) is 0 Å². The highest BCUT2D eigenvalue weighted by atomic mass is 32.2. The second kappa shape index (κ2) is 29.1. The first-order valence-electron chi connectivity index (χ1n) is 16.5. The number of amides is 1. The number of hydrogen-bond donors (Lipinski definition) is 3. The van der Waals surface area contributed by atoms with Gasteiger partial charge >= 0.3 is 0 Å². The predicted octanol–water partition coefficient (Wildman–Crippen LogP) is 8.95. The fraction of sp³-hybridized carbons (Fsp3) is 0.686. The summed E-state index contributed by atoms with van der Waals surface area (Å²) in [6.07, 6.45) is 39.5. The van der Waals surface area contributed by atoms with E-state index in [-0.39, 0.29) is 12.3 Å². The third kappa shape index (κ3) is 29.5. The van der Waals surface area contributed by atoms with E-state index in [9.17, 15) is 22.9 Å². The van der Waals surface area contributed by atoms with Gasteiger partial charge in [0.2, 0.25) is 5.91 Å². The predicted molar refractivity (Wildman–Crippen MR) is 179 cm³/mol. The average Bonchev–Trinajstić information content (AvgIpc) is 2.94. The van der Waals surface area contributed by atoms with Crippen LogP contribution in [0.5, 0.6) is 0 Å². The van der Waals surface area contributed by atoms with Crippen molar-refractivity contribution in [2.75, 3.05) is 5.75 Å². The van der Waals surface area contributed by atoms with E-state index in [1.54, 1.807) is 0 Å². The summed E-state index contributed by atoms with van der Waals surface area (Å²) in [4.78, 5) is 12.4. The van der Waals surface area contributed by atoms with Crippen LogP contribution in [0.3, 0.4) is 0 Å². The van der Waals surface area contributed by atoms with E-state index in [1.807, 2.05) is 6.08 Å². The Bertz CT molecular complexity index is 889. The number of aliphatic hydroxyl groups excluding tert-OH is 1. The van der Waals surface area contributed by atoms with E-state index in [4.69, 9.17) is 0 Å². The number of unbranched alkanes of at least 4 members (excludes halogenated alkanes) is 12. The summed E-state index contributed by atoms with van der Waals surface area (Å²) in [6.45, 7) is 4.29. The molecule has 0 fully saturated rings. The van der Waals surface area contributed by atoms with Gasteiger partial charge in [0.05, 0.1) is 17.9 Å². The highest BCUT2D eigenvalue weighted by molar-refractivity contribution is 7.85. The molecule has 7 heteroatoms. The Morgan fingerprint density at radius 1 is 0.667 bits per heavy atom. The van der Waals surface area contributed by atoms with Crippen molar-refractivity contribution in [2.45, 2.75) is 148 Å². The molecule has 1 amide bonds. The molecule has 0 aromatic rings. The summed E-state index contributed by atoms with van der Waals surface area (Å²) in [5.41, 5.74) is 0. The van der Waals surface area contributed by atoms with Crippen LogP contribution in [-0.2, 0) is 14.9 Å². The summed E-state index contributed by atoms with van der Waals surface area (Å²) < 4.78 is 32.0. The second-order valence-electron chi connectivity index (χ2n) is 11.1. The molecule has 0 saturated carbocycles. The maximum atomic E-state index is 12.4. The van der Waals surface area contributed by atoms with Crippen molar-refractivity contribution in [1.82, 2.24) is 5.32 Å². The number of rotatable bonds is 28. The standard InChI is InChI=1S/C35H61NO5S/c1-3-5-7-9-11-12-13-14-15-16-17-18-19-20-21-22-23-24-25-27-29-31-35(38)36-33(32-42(39,40)41)34(37)30-28-26-10-8-6-4-2/h5,7,11-12,14-15,17-18,28,30,33-34,37H,3-4,6,8-10,13,16,19-27,29,31-32H2,1-2H3,(H,36,38)(H,39,40,41)/b7-5-,12-11-,15-14-,18-17-,30-28+. The second-order valence-corrected chi connectivity index (χ2v) is 12.6. The van der Waals surface area contributed by atoms with Gasteiger partial charge in [0.1, 0.15) is 0 Å². The highest BCUT2D eigenvalue weighted by Crippen LogP contribution is 2.12. The Hall–Kier alpha value is -1.96. The van der Waals surface area contributed by atoms with Gasteiger partial charge in [-0.1, -0.05) is 132 Å². The first kappa shape index (κ1) is 40.0. The van der Waals surface area contributed by atoms with Crippen molar-refractivity contribution in [3.63, 3.8) is 0 Å². The van der Waals surface area contributed by atoms with Crippen LogP contribution in [0.15, 0.2) is 60.8 Å². The summed E-state index contributed by atoms with van der Waals surface area (Å²) in [6, 6.07) is -1.06. The van der Waals surface area contributed by atoms with Gasteiger partial charge in [-0.2, -0.15) is 8.42 Å². The minimum Gasteiger partial charge on any atom is -0.387 e. The van der Waals surface area contributed by atoms with Crippen LogP contribution in [0, 0.1) is 0 Å². The Balaban J connectivity index is 3.89. The van der Waals surface area contributed by atoms with E-state index in [0.717, 1.165) is 89.9 Å². The molecular weight excluding hydrogens is 546 g/mol. The van der Waals surface area contributed by atoms with E-state index in [0.29, 0.717) is 0 Å². The number of aliphatic hydroxyl groups is 1. The lowest BCUT2D eigenvalue weighted by atomic mass is 10.1. The Labute approximate surface area is 258 Å². The molecule has 3 N–H and O–H groups in total. The number of nitrogens with one attached hydrogen (secondary N) is 1. The van der Waals surface area contributed by atoms with Crippen molar-refractivity contribution in [3.8, 4) is 0 Å². The summed E-state index contributed by atoms with van der Waals surface area (Å²) in [5.74, 6) is -1.00. The molecule has 2 atom stereocenters. The third-order valence-corrected chi connectivity index (χ3v) is 7.73. The van der Waals surface area contributed by atoms with Gasteiger partial charge in [-0.25, -0.2) is 0 Å². The van der Waals surface area contributed by atoms with Gasteiger partial charge in [-0.05, 0) is 57.8 Å². The maximum absolute atomic E-state index is 12.4. The number of allylic oxidation sites excluding steroid dienone is 9. The van der Waals surface area contributed by atoms with Crippen LogP contribution in [0.1, 0.15) is 136 Å². The number of carbonyl (C=O) groups excluding carboxylic acids is 1. The number of carbonyl (C=O) groups is 1. The largest absolute Gasteiger partial charge is 0.387 e. The molecule has 2 unspecified atom stereocenters. The smallest absolute Gasteiger partial charge is 0.267 e. The minimum absolute atomic E-state index is 0.282. The SMILES string of the molecule is CC/C=C\C/C=C\C/C=C\C/C=C\CCCCCCCCCCC(=O)NC(CS(=O)(=O)O)C(O)/C=C/CCCCCC. The first-order chi connectivity index (χ1) is 20.3. The monoisotopic (exact) mass is 607 g/mol. The highest BCUT2D eigenvalue weighted by Gasteiger charge is 2.24. The van der Waals surface area contributed by atoms with E-state index >= 15 is 0 Å². The zero-order valence-corrected chi connectivity index (χ0v) is 27.4. The third-order valence-electron chi connectivity index (χ3n) is 6.95. The molecule has 42 heavy (non-hydrogen) atoms. The van der Waals surface area contributed by atoms with Gasteiger partial charge in [-0.15, -0.1) is 0 Å². The molecule has 0 aliphatic rings. The molecule has 0 aromatic heterocycles. The van der Waals surface area contributed by atoms with Gasteiger partial charge < -0.3 is 10.4 Å². The van der Waals surface area contributed by atoms with Crippen molar-refractivity contribution >= 4 is 16.0 Å². The Morgan fingerprint density at radius 2 is 1.14 bits per heavy atom. The van der Waals surface area contributed by atoms with Gasteiger partial charge in [0, 0.05) is 6.42 Å². The van der Waals surface area contributed by atoms with E-state index < -0.39 is 28.0 Å². The molecule has 0 bridgehead atoms. The molecule has 0 radical (unpaired) electrons. The van der Waals surface area contributed by atoms with Crippen LogP contribution in [0.2, 0.25) is 0 Å². The molecule has 0 aromatic carbocycles. The molecule has 0 heterocycles. The molecule has 0 saturated heterocycles. The van der Waals surface area contributed by atoms with E-state index in [1.165, 1.54) is 31.8 Å². The van der Waals surface area contributed by atoms with Crippen molar-refractivity contribution in [1.29, 1.82) is 0 Å². The van der Waals surface area contributed by atoms with Crippen LogP contribution in [0.25, 0.3) is 0 Å². The molecule has 0 spiro atoms. The Kier molecular flexibility index (Phi) is 27.8. The molecule has 242 valence electrons. The zero-order chi connectivity index (χ0) is 31.2. The fourth-order valence-electron chi connectivity index (χ4n) is 4.50. The van der Waals surface area contributed by atoms with E-state index in [2.05, 4.69) is 67.8 Å². The van der Waals surface area contributed by atoms with Crippen molar-refractivity contribution < 1.29 is 22.9 Å². The molecule has 0 rings (SSSR count). The van der Waals surface area contributed by atoms with Crippen LogP contribution in [-0.4, -0.2) is 41.9 Å². The van der Waals surface area contributed by atoms with Crippen molar-refractivity contribution in [3.05, 3.63) is 60.8 Å². The molecule has 0 aliphatic heterocycles. The maximum Gasteiger partial charge on any atom is 0.267 e. The minimum atomic E-state index is -4.33. The van der Waals surface area contributed by atoms with Gasteiger partial charge in [-0.3, -0.25) is 9.35 Å². The van der Waals surface area contributed by atoms with Crippen LogP contribution in [0.4, 0.5) is 0 Å². The molecule has 0 aliphatic carbocycles. The first-order valence-corrected chi connectivity index (χ1v) is 18.1. The topological polar surface area (TPSA) is 104 Å². The van der Waals surface area contributed by atoms with Gasteiger partial charge in [0.25, 0.3) is 10.1 Å². The quantitative estimate of drug-likeness (QED) is 0.0468. The zero-order valence-electron chi connectivity index (χ0n) is 26.6. The summed E-state index contributed by atoms with van der Waals surface area (Å²) in [5, 5.41) is 13.0. The normalized spacial score (nSPS) is 14.3. The van der Waals surface area contributed by atoms with Crippen LogP contribution >= 0.6 is 0 Å². The lowest BCUT2D eigenvalue weighted by Gasteiger charge is -2.21. The molecule has 6 nitrogen and oxygen atoms in total. The van der Waals surface area contributed by atoms with Crippen LogP contribution < -0.4 is 5.32 Å². The lowest BCUT2D eigenvalue weighted by molar-refractivity contribution is -0.122. The van der Waals surface area contributed by atoms with Gasteiger partial charge in [0.15, 0.2) is 0 Å². The lowest BCUT2D eigenvalue weighted by Crippen LogP contribution is -2.46. The summed E-state index contributed by atoms with van der Waals surface area (Å²) >= 11 is 0. The average molecular weight is 608 g/mol. The summed E-state index contributed by atoms with van der Waals surface area (Å²) in [7, 11) is -4.33. The number of hydrogen-bond acceptors (Lipinski definition) is 4. The Morgan fingerprint density at radius 3 is 1.69 bits per heavy atom.